The highest BCUT2D eigenvalue weighted by atomic mass is 32.2. The number of rotatable bonds is 2. The molecule has 0 N–H and O–H groups in total. The van der Waals surface area contributed by atoms with Gasteiger partial charge in [0.25, 0.3) is 0 Å². The van der Waals surface area contributed by atoms with Gasteiger partial charge in [-0.2, -0.15) is 4.31 Å². The molecule has 2 aliphatic rings. The molecule has 0 bridgehead atoms. The molecule has 0 aromatic heterocycles. The lowest BCUT2D eigenvalue weighted by Crippen LogP contribution is -2.51. The van der Waals surface area contributed by atoms with Gasteiger partial charge in [0, 0.05) is 25.9 Å². The molecule has 1 spiro atoms. The van der Waals surface area contributed by atoms with Crippen molar-refractivity contribution in [2.24, 2.45) is 0 Å². The number of nitrogens with zero attached hydrogens (tertiary/aromatic N) is 1. The van der Waals surface area contributed by atoms with E-state index in [9.17, 15) is 8.42 Å². The molecule has 2 saturated heterocycles. The third-order valence-electron chi connectivity index (χ3n) is 5.40. The molecule has 1 aromatic rings. The molecular formula is C18H27NO4S. The van der Waals surface area contributed by atoms with Crippen LogP contribution < -0.4 is 0 Å². The highest BCUT2D eigenvalue weighted by Gasteiger charge is 2.42. The number of benzene rings is 1. The third-order valence-corrected chi connectivity index (χ3v) is 7.57. The zero-order chi connectivity index (χ0) is 17.5. The van der Waals surface area contributed by atoms with E-state index in [2.05, 4.69) is 6.07 Å². The van der Waals surface area contributed by atoms with Gasteiger partial charge in [0.1, 0.15) is 0 Å². The lowest BCUT2D eigenvalue weighted by atomic mass is 10.0. The number of ether oxygens (including phenoxy) is 2. The Morgan fingerprint density at radius 1 is 0.958 bits per heavy atom. The van der Waals surface area contributed by atoms with Gasteiger partial charge in [0.15, 0.2) is 5.79 Å². The molecule has 0 radical (unpaired) electrons. The molecule has 2 fully saturated rings. The Kier molecular flexibility index (Phi) is 4.77. The molecule has 0 saturated carbocycles. The van der Waals surface area contributed by atoms with Gasteiger partial charge in [-0.1, -0.05) is 6.07 Å². The Morgan fingerprint density at radius 3 is 1.96 bits per heavy atom. The summed E-state index contributed by atoms with van der Waals surface area (Å²) in [6.45, 7) is 10.00. The van der Waals surface area contributed by atoms with Crippen molar-refractivity contribution in [1.82, 2.24) is 4.31 Å². The fourth-order valence-corrected chi connectivity index (χ4v) is 5.69. The minimum atomic E-state index is -3.50. The summed E-state index contributed by atoms with van der Waals surface area (Å²) in [4.78, 5) is 0.474. The quantitative estimate of drug-likeness (QED) is 0.820. The van der Waals surface area contributed by atoms with Crippen LogP contribution in [0.4, 0.5) is 0 Å². The van der Waals surface area contributed by atoms with Crippen molar-refractivity contribution in [3.63, 3.8) is 0 Å². The molecule has 1 aromatic carbocycles. The summed E-state index contributed by atoms with van der Waals surface area (Å²) in [7, 11) is -3.50. The highest BCUT2D eigenvalue weighted by molar-refractivity contribution is 7.89. The van der Waals surface area contributed by atoms with Crippen LogP contribution in [0.1, 0.15) is 41.5 Å². The maximum atomic E-state index is 13.2. The average molecular weight is 353 g/mol. The molecule has 0 amide bonds. The van der Waals surface area contributed by atoms with Crippen LogP contribution in [0.3, 0.4) is 0 Å². The second-order valence-electron chi connectivity index (χ2n) is 6.95. The van der Waals surface area contributed by atoms with E-state index < -0.39 is 15.8 Å². The molecule has 5 nitrogen and oxygen atoms in total. The molecule has 24 heavy (non-hydrogen) atoms. The maximum Gasteiger partial charge on any atom is 0.243 e. The molecule has 0 aliphatic carbocycles. The summed E-state index contributed by atoms with van der Waals surface area (Å²) in [5, 5.41) is 0. The Morgan fingerprint density at radius 2 is 1.46 bits per heavy atom. The number of aryl methyl sites for hydroxylation is 2. The van der Waals surface area contributed by atoms with Gasteiger partial charge in [-0.25, -0.2) is 8.42 Å². The monoisotopic (exact) mass is 353 g/mol. The Balaban J connectivity index is 1.88. The molecular weight excluding hydrogens is 326 g/mol. The van der Waals surface area contributed by atoms with Gasteiger partial charge in [0.05, 0.1) is 18.1 Å². The van der Waals surface area contributed by atoms with E-state index >= 15 is 0 Å². The third kappa shape index (κ3) is 3.01. The van der Waals surface area contributed by atoms with Crippen molar-refractivity contribution in [2.75, 3.05) is 26.3 Å². The minimum Gasteiger partial charge on any atom is -0.350 e. The first-order valence-corrected chi connectivity index (χ1v) is 10.1. The molecule has 134 valence electrons. The number of hydrogen-bond donors (Lipinski definition) is 0. The van der Waals surface area contributed by atoms with Gasteiger partial charge < -0.3 is 9.47 Å². The predicted octanol–water partition coefficient (Wildman–Crippen LogP) is 2.84. The highest BCUT2D eigenvalue weighted by Crippen LogP contribution is 2.35. The lowest BCUT2D eigenvalue weighted by molar-refractivity contribution is -0.280. The lowest BCUT2D eigenvalue weighted by Gasteiger charge is -2.43. The van der Waals surface area contributed by atoms with Crippen LogP contribution in [-0.4, -0.2) is 44.8 Å². The Labute approximate surface area is 145 Å². The van der Waals surface area contributed by atoms with E-state index in [1.54, 1.807) is 4.31 Å². The standard InChI is InChI=1S/C18H27NO4S/c1-13-12-14(2)16(4)17(15(13)3)24(20,21)19-8-6-18(7-9-19)22-10-5-11-23-18/h12H,5-11H2,1-4H3. The SMILES string of the molecule is Cc1cc(C)c(C)c(S(=O)(=O)N2CCC3(CC2)OCCCO3)c1C. The summed E-state index contributed by atoms with van der Waals surface area (Å²) in [5.41, 5.74) is 3.74. The van der Waals surface area contributed by atoms with E-state index in [-0.39, 0.29) is 0 Å². The topological polar surface area (TPSA) is 55.8 Å². The maximum absolute atomic E-state index is 13.2. The molecule has 0 unspecified atom stereocenters. The summed E-state index contributed by atoms with van der Waals surface area (Å²) in [6, 6.07) is 2.05. The van der Waals surface area contributed by atoms with Crippen molar-refractivity contribution >= 4 is 10.0 Å². The van der Waals surface area contributed by atoms with Crippen molar-refractivity contribution in [2.45, 2.75) is 57.6 Å². The average Bonchev–Trinajstić information content (AvgIpc) is 2.54. The van der Waals surface area contributed by atoms with Crippen molar-refractivity contribution < 1.29 is 17.9 Å². The van der Waals surface area contributed by atoms with Crippen molar-refractivity contribution in [1.29, 1.82) is 0 Å². The van der Waals surface area contributed by atoms with E-state index in [4.69, 9.17) is 9.47 Å². The Hall–Kier alpha value is -0.950. The smallest absolute Gasteiger partial charge is 0.243 e. The van der Waals surface area contributed by atoms with Crippen molar-refractivity contribution in [3.05, 3.63) is 28.3 Å². The van der Waals surface area contributed by atoms with Crippen molar-refractivity contribution in [3.8, 4) is 0 Å². The number of hydrogen-bond acceptors (Lipinski definition) is 4. The summed E-state index contributed by atoms with van der Waals surface area (Å²) in [6.07, 6.45) is 2.09. The van der Waals surface area contributed by atoms with Crippen LogP contribution in [0.15, 0.2) is 11.0 Å². The fourth-order valence-electron chi connectivity index (χ4n) is 3.67. The second-order valence-corrected chi connectivity index (χ2v) is 8.83. The molecule has 2 heterocycles. The van der Waals surface area contributed by atoms with E-state index in [0.29, 0.717) is 44.0 Å². The molecule has 3 rings (SSSR count). The van der Waals surface area contributed by atoms with E-state index in [1.165, 1.54) is 0 Å². The first-order chi connectivity index (χ1) is 11.3. The number of sulfonamides is 1. The van der Waals surface area contributed by atoms with Crippen LogP contribution in [0, 0.1) is 27.7 Å². The first-order valence-electron chi connectivity index (χ1n) is 8.62. The predicted molar refractivity (Wildman–Crippen MR) is 92.6 cm³/mol. The van der Waals surface area contributed by atoms with Gasteiger partial charge in [-0.15, -0.1) is 0 Å². The van der Waals surface area contributed by atoms with Gasteiger partial charge in [-0.3, -0.25) is 0 Å². The minimum absolute atomic E-state index is 0.439. The molecule has 2 aliphatic heterocycles. The second kappa shape index (κ2) is 6.41. The van der Waals surface area contributed by atoms with Crippen LogP contribution >= 0.6 is 0 Å². The normalized spacial score (nSPS) is 22.0. The van der Waals surface area contributed by atoms with Gasteiger partial charge in [-0.05, 0) is 56.4 Å². The van der Waals surface area contributed by atoms with Crippen LogP contribution in [0.5, 0.6) is 0 Å². The van der Waals surface area contributed by atoms with E-state index in [0.717, 1.165) is 28.7 Å². The Bertz CT molecular complexity index is 700. The summed E-state index contributed by atoms with van der Waals surface area (Å²) >= 11 is 0. The van der Waals surface area contributed by atoms with Gasteiger partial charge in [0.2, 0.25) is 10.0 Å². The summed E-state index contributed by atoms with van der Waals surface area (Å²) in [5.74, 6) is -0.573. The van der Waals surface area contributed by atoms with Crippen LogP contribution in [-0.2, 0) is 19.5 Å². The largest absolute Gasteiger partial charge is 0.350 e. The molecule has 6 heteroatoms. The van der Waals surface area contributed by atoms with Gasteiger partial charge >= 0.3 is 0 Å². The van der Waals surface area contributed by atoms with E-state index in [1.807, 2.05) is 27.7 Å². The number of piperidine rings is 1. The first kappa shape index (κ1) is 17.9. The zero-order valence-electron chi connectivity index (χ0n) is 15.0. The summed E-state index contributed by atoms with van der Waals surface area (Å²) < 4.78 is 39.7. The van der Waals surface area contributed by atoms with Crippen LogP contribution in [0.25, 0.3) is 0 Å². The van der Waals surface area contributed by atoms with Crippen LogP contribution in [0.2, 0.25) is 0 Å². The molecule has 0 atom stereocenters. The zero-order valence-corrected chi connectivity index (χ0v) is 15.8. The fraction of sp³-hybridized carbons (Fsp3) is 0.667.